The molecule has 0 heterocycles. The van der Waals surface area contributed by atoms with Crippen molar-refractivity contribution in [3.8, 4) is 0 Å². The van der Waals surface area contributed by atoms with Crippen LogP contribution >= 0.6 is 0 Å². The summed E-state index contributed by atoms with van der Waals surface area (Å²) >= 11 is 0. The van der Waals surface area contributed by atoms with Gasteiger partial charge in [0, 0.05) is 12.3 Å². The highest BCUT2D eigenvalue weighted by atomic mass is 19.3. The van der Waals surface area contributed by atoms with Gasteiger partial charge in [0.2, 0.25) is 0 Å². The van der Waals surface area contributed by atoms with E-state index in [1.807, 2.05) is 0 Å². The Labute approximate surface area is 61.9 Å². The van der Waals surface area contributed by atoms with E-state index in [4.69, 9.17) is 0 Å². The molecule has 1 aliphatic carbocycles. The fourth-order valence-corrected chi connectivity index (χ4v) is 1.17. The number of hydrogen-bond donors (Lipinski definition) is 0. The Kier molecular flexibility index (Phi) is 1.73. The largest absolute Gasteiger partial charge is 0.313 e. The highest BCUT2D eigenvalue weighted by Crippen LogP contribution is 2.56. The molecule has 4 heteroatoms. The van der Waals surface area contributed by atoms with Gasteiger partial charge in [-0.15, -0.1) is 6.58 Å². The molecule has 0 amide bonds. The van der Waals surface area contributed by atoms with Crippen LogP contribution in [0.3, 0.4) is 0 Å². The topological polar surface area (TPSA) is 0 Å². The maximum absolute atomic E-state index is 12.4. The molecule has 0 aromatic heterocycles. The lowest BCUT2D eigenvalue weighted by Gasteiger charge is -2.43. The van der Waals surface area contributed by atoms with E-state index in [1.165, 1.54) is 6.08 Å². The summed E-state index contributed by atoms with van der Waals surface area (Å²) in [5.74, 6) is -8.82. The Balaban J connectivity index is 2.61. The minimum atomic E-state index is -3.82. The van der Waals surface area contributed by atoms with Crippen molar-refractivity contribution in [1.29, 1.82) is 0 Å². The second kappa shape index (κ2) is 2.22. The van der Waals surface area contributed by atoms with Crippen molar-refractivity contribution in [3.05, 3.63) is 12.7 Å². The molecular weight excluding hydrogens is 160 g/mol. The number of hydrogen-bond acceptors (Lipinski definition) is 0. The van der Waals surface area contributed by atoms with Crippen molar-refractivity contribution in [2.24, 2.45) is 5.92 Å². The van der Waals surface area contributed by atoms with E-state index in [9.17, 15) is 17.6 Å². The van der Waals surface area contributed by atoms with Gasteiger partial charge < -0.3 is 0 Å². The summed E-state index contributed by atoms with van der Waals surface area (Å²) in [6.45, 7) is 3.22. The zero-order chi connectivity index (χ0) is 8.70. The Morgan fingerprint density at radius 2 is 1.91 bits per heavy atom. The molecule has 1 saturated carbocycles. The van der Waals surface area contributed by atoms with Crippen LogP contribution in [0.15, 0.2) is 12.7 Å². The van der Waals surface area contributed by atoms with E-state index < -0.39 is 24.2 Å². The predicted octanol–water partition coefficient (Wildman–Crippen LogP) is 2.85. The van der Waals surface area contributed by atoms with Crippen LogP contribution in [0.2, 0.25) is 0 Å². The monoisotopic (exact) mass is 168 g/mol. The van der Waals surface area contributed by atoms with Crippen LogP contribution in [0.1, 0.15) is 12.8 Å². The summed E-state index contributed by atoms with van der Waals surface area (Å²) in [5.41, 5.74) is 0. The van der Waals surface area contributed by atoms with Gasteiger partial charge in [-0.25, -0.2) is 0 Å². The number of allylic oxidation sites excluding steroid dienone is 1. The molecule has 1 unspecified atom stereocenters. The first-order chi connectivity index (χ1) is 4.92. The van der Waals surface area contributed by atoms with Crippen molar-refractivity contribution in [1.82, 2.24) is 0 Å². The molecule has 11 heavy (non-hydrogen) atoms. The Morgan fingerprint density at radius 3 is 2.18 bits per heavy atom. The SMILES string of the molecule is C=CCC1CC(F)(F)C1(F)F. The molecule has 0 bridgehead atoms. The first-order valence-corrected chi connectivity index (χ1v) is 3.28. The summed E-state index contributed by atoms with van der Waals surface area (Å²) in [4.78, 5) is 0. The van der Waals surface area contributed by atoms with Crippen LogP contribution in [-0.2, 0) is 0 Å². The quantitative estimate of drug-likeness (QED) is 0.439. The van der Waals surface area contributed by atoms with Gasteiger partial charge in [-0.3, -0.25) is 0 Å². The molecule has 1 atom stereocenters. The molecule has 1 fully saturated rings. The van der Waals surface area contributed by atoms with E-state index >= 15 is 0 Å². The van der Waals surface area contributed by atoms with Crippen LogP contribution in [0, 0.1) is 5.92 Å². The molecular formula is C7H8F4. The standard InChI is InChI=1S/C7H8F4/c1-2-3-5-4-6(8,9)7(5,10)11/h2,5H,1,3-4H2. The lowest BCUT2D eigenvalue weighted by Crippen LogP contribution is -2.58. The van der Waals surface area contributed by atoms with Gasteiger partial charge in [0.15, 0.2) is 0 Å². The van der Waals surface area contributed by atoms with E-state index in [0.29, 0.717) is 0 Å². The van der Waals surface area contributed by atoms with E-state index in [0.717, 1.165) is 0 Å². The fourth-order valence-electron chi connectivity index (χ4n) is 1.17. The van der Waals surface area contributed by atoms with Gasteiger partial charge in [-0.05, 0) is 6.42 Å². The van der Waals surface area contributed by atoms with Gasteiger partial charge >= 0.3 is 11.8 Å². The first-order valence-electron chi connectivity index (χ1n) is 3.28. The van der Waals surface area contributed by atoms with E-state index in [2.05, 4.69) is 6.58 Å². The Bertz CT molecular complexity index is 173. The lowest BCUT2D eigenvalue weighted by atomic mass is 9.75. The molecule has 0 aromatic carbocycles. The van der Waals surface area contributed by atoms with Crippen molar-refractivity contribution < 1.29 is 17.6 Å². The number of halogens is 4. The maximum Gasteiger partial charge on any atom is 0.313 e. The van der Waals surface area contributed by atoms with E-state index in [-0.39, 0.29) is 6.42 Å². The molecule has 0 N–H and O–H groups in total. The maximum atomic E-state index is 12.4. The summed E-state index contributed by atoms with van der Waals surface area (Å²) in [6, 6.07) is 0. The van der Waals surface area contributed by atoms with Crippen LogP contribution in [0.5, 0.6) is 0 Å². The molecule has 0 aliphatic heterocycles. The lowest BCUT2D eigenvalue weighted by molar-refractivity contribution is -0.312. The Morgan fingerprint density at radius 1 is 1.36 bits per heavy atom. The minimum absolute atomic E-state index is 0.0391. The minimum Gasteiger partial charge on any atom is -0.200 e. The summed E-state index contributed by atoms with van der Waals surface area (Å²) < 4.78 is 48.9. The molecule has 0 nitrogen and oxygen atoms in total. The summed E-state index contributed by atoms with van der Waals surface area (Å²) in [7, 11) is 0. The van der Waals surface area contributed by atoms with Crippen LogP contribution < -0.4 is 0 Å². The van der Waals surface area contributed by atoms with Gasteiger partial charge in [-0.2, -0.15) is 17.6 Å². The Hall–Kier alpha value is -0.540. The number of alkyl halides is 4. The third-order valence-electron chi connectivity index (χ3n) is 1.95. The zero-order valence-corrected chi connectivity index (χ0v) is 5.79. The van der Waals surface area contributed by atoms with Crippen molar-refractivity contribution >= 4 is 0 Å². The predicted molar refractivity (Wildman–Crippen MR) is 32.8 cm³/mol. The van der Waals surface area contributed by atoms with Crippen molar-refractivity contribution in [3.63, 3.8) is 0 Å². The average Bonchev–Trinajstić information content (AvgIpc) is 1.87. The van der Waals surface area contributed by atoms with Crippen LogP contribution in [0.4, 0.5) is 17.6 Å². The van der Waals surface area contributed by atoms with E-state index in [1.54, 1.807) is 0 Å². The van der Waals surface area contributed by atoms with Crippen LogP contribution in [0.25, 0.3) is 0 Å². The normalized spacial score (nSPS) is 32.5. The third-order valence-corrected chi connectivity index (χ3v) is 1.95. The van der Waals surface area contributed by atoms with Crippen molar-refractivity contribution in [2.45, 2.75) is 24.7 Å². The molecule has 64 valence electrons. The van der Waals surface area contributed by atoms with Crippen LogP contribution in [-0.4, -0.2) is 11.8 Å². The zero-order valence-electron chi connectivity index (χ0n) is 5.79. The molecule has 0 radical (unpaired) electrons. The smallest absolute Gasteiger partial charge is 0.200 e. The molecule has 0 spiro atoms. The fraction of sp³-hybridized carbons (Fsp3) is 0.714. The van der Waals surface area contributed by atoms with Gasteiger partial charge in [0.05, 0.1) is 0 Å². The molecule has 1 rings (SSSR count). The van der Waals surface area contributed by atoms with Gasteiger partial charge in [-0.1, -0.05) is 6.08 Å². The van der Waals surface area contributed by atoms with Gasteiger partial charge in [0.25, 0.3) is 0 Å². The van der Waals surface area contributed by atoms with Crippen molar-refractivity contribution in [2.75, 3.05) is 0 Å². The summed E-state index contributed by atoms with van der Waals surface area (Å²) in [6.07, 6.45) is 0.489. The highest BCUT2D eigenvalue weighted by Gasteiger charge is 2.70. The highest BCUT2D eigenvalue weighted by molar-refractivity contribution is 5.04. The third kappa shape index (κ3) is 1.04. The second-order valence-corrected chi connectivity index (χ2v) is 2.75. The van der Waals surface area contributed by atoms with Gasteiger partial charge in [0.1, 0.15) is 0 Å². The second-order valence-electron chi connectivity index (χ2n) is 2.75. The molecule has 1 aliphatic rings. The molecule has 0 aromatic rings. The first kappa shape index (κ1) is 8.56. The summed E-state index contributed by atoms with van der Waals surface area (Å²) in [5, 5.41) is 0. The number of rotatable bonds is 2. The average molecular weight is 168 g/mol. The molecule has 0 saturated heterocycles.